The fourth-order valence-electron chi connectivity index (χ4n) is 1.28. The largest absolute Gasteiger partial charge is 0.338 e. The third-order valence-corrected chi connectivity index (χ3v) is 2.83. The number of aromatic nitrogens is 2. The van der Waals surface area contributed by atoms with Gasteiger partial charge in [-0.25, -0.2) is 0 Å². The molecule has 15 heavy (non-hydrogen) atoms. The molecule has 0 aliphatic heterocycles. The molecule has 1 atom stereocenters. The van der Waals surface area contributed by atoms with Crippen LogP contribution in [0, 0.1) is 5.92 Å². The minimum absolute atomic E-state index is 0.127. The van der Waals surface area contributed by atoms with Gasteiger partial charge in [0.2, 0.25) is 5.89 Å². The molecule has 1 heterocycles. The zero-order valence-electron chi connectivity index (χ0n) is 9.56. The van der Waals surface area contributed by atoms with Crippen LogP contribution in [0.3, 0.4) is 0 Å². The maximum absolute atomic E-state index is 5.93. The summed E-state index contributed by atoms with van der Waals surface area (Å²) >= 11 is 1.77. The Hall–Kier alpha value is -0.550. The molecule has 0 bridgehead atoms. The summed E-state index contributed by atoms with van der Waals surface area (Å²) in [5.74, 6) is 3.71. The predicted octanol–water partition coefficient (Wildman–Crippen LogP) is 2.37. The van der Waals surface area contributed by atoms with Gasteiger partial charge in [0.25, 0.3) is 0 Å². The summed E-state index contributed by atoms with van der Waals surface area (Å²) in [5, 5.41) is 3.90. The summed E-state index contributed by atoms with van der Waals surface area (Å²) in [6.45, 7) is 6.37. The highest BCUT2D eigenvalue weighted by molar-refractivity contribution is 7.98. The lowest BCUT2D eigenvalue weighted by Crippen LogP contribution is -2.13. The summed E-state index contributed by atoms with van der Waals surface area (Å²) < 4.78 is 5.12. The second-order valence-electron chi connectivity index (χ2n) is 3.92. The second-order valence-corrected chi connectivity index (χ2v) is 5.20. The Kier molecular flexibility index (Phi) is 5.11. The Morgan fingerprint density at radius 1 is 1.47 bits per heavy atom. The van der Waals surface area contributed by atoms with Crippen LogP contribution in [0.15, 0.2) is 4.52 Å². The SMILES string of the molecule is CCSCc1noc([C@H](N)CC(C)C)n1. The van der Waals surface area contributed by atoms with E-state index in [0.717, 1.165) is 23.8 Å². The van der Waals surface area contributed by atoms with E-state index < -0.39 is 0 Å². The summed E-state index contributed by atoms with van der Waals surface area (Å²) in [6, 6.07) is -0.127. The molecule has 0 spiro atoms. The number of thioether (sulfide) groups is 1. The summed E-state index contributed by atoms with van der Waals surface area (Å²) in [4.78, 5) is 4.28. The summed E-state index contributed by atoms with van der Waals surface area (Å²) in [6.07, 6.45) is 0.878. The van der Waals surface area contributed by atoms with E-state index >= 15 is 0 Å². The van der Waals surface area contributed by atoms with Crippen molar-refractivity contribution in [2.45, 2.75) is 39.0 Å². The van der Waals surface area contributed by atoms with Crippen molar-refractivity contribution in [1.29, 1.82) is 0 Å². The van der Waals surface area contributed by atoms with E-state index in [0.29, 0.717) is 11.8 Å². The van der Waals surface area contributed by atoms with Crippen molar-refractivity contribution >= 4 is 11.8 Å². The number of nitrogens with zero attached hydrogens (tertiary/aromatic N) is 2. The van der Waals surface area contributed by atoms with E-state index in [4.69, 9.17) is 10.3 Å². The first-order valence-corrected chi connectivity index (χ1v) is 6.44. The number of hydrogen-bond donors (Lipinski definition) is 1. The third kappa shape index (κ3) is 4.22. The van der Waals surface area contributed by atoms with Gasteiger partial charge in [0, 0.05) is 0 Å². The molecule has 0 aliphatic rings. The maximum Gasteiger partial charge on any atom is 0.243 e. The van der Waals surface area contributed by atoms with Gasteiger partial charge in [-0.2, -0.15) is 16.7 Å². The molecule has 0 saturated heterocycles. The molecule has 4 nitrogen and oxygen atoms in total. The van der Waals surface area contributed by atoms with E-state index in [9.17, 15) is 0 Å². The summed E-state index contributed by atoms with van der Waals surface area (Å²) in [7, 11) is 0. The van der Waals surface area contributed by atoms with Crippen molar-refractivity contribution in [3.05, 3.63) is 11.7 Å². The lowest BCUT2D eigenvalue weighted by molar-refractivity contribution is 0.333. The lowest BCUT2D eigenvalue weighted by Gasteiger charge is -2.08. The average molecular weight is 229 g/mol. The Bertz CT molecular complexity index is 288. The highest BCUT2D eigenvalue weighted by Crippen LogP contribution is 2.18. The first-order chi connectivity index (χ1) is 7.13. The van der Waals surface area contributed by atoms with Gasteiger partial charge in [0.05, 0.1) is 11.8 Å². The van der Waals surface area contributed by atoms with Crippen molar-refractivity contribution in [3.63, 3.8) is 0 Å². The molecule has 0 radical (unpaired) electrons. The summed E-state index contributed by atoms with van der Waals surface area (Å²) in [5.41, 5.74) is 5.93. The van der Waals surface area contributed by atoms with E-state index in [-0.39, 0.29) is 6.04 Å². The molecule has 2 N–H and O–H groups in total. The molecule has 0 aliphatic carbocycles. The molecule has 0 saturated carbocycles. The fraction of sp³-hybridized carbons (Fsp3) is 0.800. The zero-order valence-corrected chi connectivity index (χ0v) is 10.4. The molecule has 1 aromatic heterocycles. The highest BCUT2D eigenvalue weighted by Gasteiger charge is 2.15. The van der Waals surface area contributed by atoms with E-state index in [2.05, 4.69) is 30.9 Å². The van der Waals surface area contributed by atoms with Crippen molar-refractivity contribution in [3.8, 4) is 0 Å². The molecule has 5 heteroatoms. The Labute approximate surface area is 95.0 Å². The zero-order chi connectivity index (χ0) is 11.3. The van der Waals surface area contributed by atoms with Crippen molar-refractivity contribution in [2.24, 2.45) is 11.7 Å². The third-order valence-electron chi connectivity index (χ3n) is 1.96. The first kappa shape index (κ1) is 12.5. The standard InChI is InChI=1S/C10H19N3OS/c1-4-15-6-9-12-10(14-13-9)8(11)5-7(2)3/h7-8H,4-6,11H2,1-3H3/t8-/m1/s1. The van der Waals surface area contributed by atoms with E-state index in [1.54, 1.807) is 11.8 Å². The molecule has 0 aromatic carbocycles. The smallest absolute Gasteiger partial charge is 0.243 e. The maximum atomic E-state index is 5.93. The molecule has 0 fully saturated rings. The number of nitrogens with two attached hydrogens (primary N) is 1. The Morgan fingerprint density at radius 3 is 2.80 bits per heavy atom. The molecular weight excluding hydrogens is 210 g/mol. The van der Waals surface area contributed by atoms with Gasteiger partial charge in [-0.05, 0) is 18.1 Å². The van der Waals surface area contributed by atoms with Crippen LogP contribution in [0.5, 0.6) is 0 Å². The highest BCUT2D eigenvalue weighted by atomic mass is 32.2. The molecule has 86 valence electrons. The molecule has 0 amide bonds. The van der Waals surface area contributed by atoms with Gasteiger partial charge in [0.15, 0.2) is 5.82 Å². The molecule has 1 rings (SSSR count). The normalized spacial score (nSPS) is 13.4. The number of hydrogen-bond acceptors (Lipinski definition) is 5. The Balaban J connectivity index is 2.51. The van der Waals surface area contributed by atoms with Gasteiger partial charge >= 0.3 is 0 Å². The van der Waals surface area contributed by atoms with Crippen molar-refractivity contribution < 1.29 is 4.52 Å². The van der Waals surface area contributed by atoms with Gasteiger partial charge in [-0.1, -0.05) is 25.9 Å². The Morgan fingerprint density at radius 2 is 2.20 bits per heavy atom. The van der Waals surface area contributed by atoms with Gasteiger partial charge in [0.1, 0.15) is 0 Å². The van der Waals surface area contributed by atoms with Crippen LogP contribution in [-0.4, -0.2) is 15.9 Å². The van der Waals surface area contributed by atoms with E-state index in [1.807, 2.05) is 0 Å². The first-order valence-electron chi connectivity index (χ1n) is 5.29. The van der Waals surface area contributed by atoms with Crippen LogP contribution in [0.2, 0.25) is 0 Å². The van der Waals surface area contributed by atoms with Gasteiger partial charge in [-0.3, -0.25) is 0 Å². The monoisotopic (exact) mass is 229 g/mol. The molecule has 0 unspecified atom stereocenters. The van der Waals surface area contributed by atoms with Gasteiger partial charge in [-0.15, -0.1) is 0 Å². The number of rotatable bonds is 6. The second kappa shape index (κ2) is 6.12. The van der Waals surface area contributed by atoms with Crippen molar-refractivity contribution in [2.75, 3.05) is 5.75 Å². The van der Waals surface area contributed by atoms with Crippen LogP contribution >= 0.6 is 11.8 Å². The molecule has 1 aromatic rings. The van der Waals surface area contributed by atoms with Crippen LogP contribution in [-0.2, 0) is 5.75 Å². The van der Waals surface area contributed by atoms with Gasteiger partial charge < -0.3 is 10.3 Å². The van der Waals surface area contributed by atoms with Crippen molar-refractivity contribution in [1.82, 2.24) is 10.1 Å². The minimum atomic E-state index is -0.127. The van der Waals surface area contributed by atoms with E-state index in [1.165, 1.54) is 0 Å². The van der Waals surface area contributed by atoms with Crippen LogP contribution in [0.25, 0.3) is 0 Å². The van der Waals surface area contributed by atoms with Crippen LogP contribution in [0.1, 0.15) is 44.9 Å². The minimum Gasteiger partial charge on any atom is -0.338 e. The quantitative estimate of drug-likeness (QED) is 0.811. The topological polar surface area (TPSA) is 64.9 Å². The van der Waals surface area contributed by atoms with Crippen LogP contribution < -0.4 is 5.73 Å². The average Bonchev–Trinajstić information content (AvgIpc) is 2.62. The predicted molar refractivity (Wildman–Crippen MR) is 62.5 cm³/mol. The lowest BCUT2D eigenvalue weighted by atomic mass is 10.0. The fourth-order valence-corrected chi connectivity index (χ4v) is 1.78. The van der Waals surface area contributed by atoms with Crippen LogP contribution in [0.4, 0.5) is 0 Å². The molecular formula is C10H19N3OS.